The topological polar surface area (TPSA) is 228 Å². The first kappa shape index (κ1) is 83.7. The maximum atomic E-state index is 13.3. The van der Waals surface area contributed by atoms with Gasteiger partial charge < -0.3 is 65.1 Å². The number of rotatable bonds is 59. The second-order valence-corrected chi connectivity index (χ2v) is 25.3. The Morgan fingerprint density at radius 3 is 1.21 bits per heavy atom. The van der Waals surface area contributed by atoms with Gasteiger partial charge in [0.05, 0.1) is 32.0 Å². The van der Waals surface area contributed by atoms with Crippen LogP contribution in [0.2, 0.25) is 0 Å². The average Bonchev–Trinajstić information content (AvgIpc) is 1.19. The number of nitrogens with one attached hydrogen (secondary N) is 1. The van der Waals surface area contributed by atoms with Crippen LogP contribution in [0.3, 0.4) is 0 Å². The summed E-state index contributed by atoms with van der Waals surface area (Å²) in [4.78, 5) is 13.3. The first-order chi connectivity index (χ1) is 44.6. The molecule has 1 amide bonds. The summed E-state index contributed by atoms with van der Waals surface area (Å²) >= 11 is 0. The molecule has 9 N–H and O–H groups in total. The molecule has 0 radical (unpaired) electrons. The summed E-state index contributed by atoms with van der Waals surface area (Å²) in [5.41, 5.74) is 0. The monoisotopic (exact) mass is 1280 g/mol. The highest BCUT2D eigenvalue weighted by Gasteiger charge is 2.51. The quantitative estimate of drug-likeness (QED) is 0.0204. The number of allylic oxidation sites excluding steroid dienone is 17. The van der Waals surface area contributed by atoms with Gasteiger partial charge in [0.15, 0.2) is 12.6 Å². The number of aliphatic hydroxyl groups excluding tert-OH is 8. The van der Waals surface area contributed by atoms with Crippen molar-refractivity contribution >= 4 is 5.91 Å². The van der Waals surface area contributed by atoms with Crippen LogP contribution >= 0.6 is 0 Å². The van der Waals surface area contributed by atoms with Gasteiger partial charge >= 0.3 is 0 Å². The Labute approximate surface area is 553 Å². The second kappa shape index (κ2) is 60.3. The van der Waals surface area contributed by atoms with Crippen molar-refractivity contribution in [1.82, 2.24) is 5.32 Å². The molecule has 14 nitrogen and oxygen atoms in total. The number of unbranched alkanes of at least 4 members (excludes halogenated alkanes) is 30. The minimum atomic E-state index is -1.80. The van der Waals surface area contributed by atoms with Crippen LogP contribution in [-0.4, -0.2) is 140 Å². The number of ether oxygens (including phenoxy) is 4. The van der Waals surface area contributed by atoms with Crippen molar-refractivity contribution in [1.29, 1.82) is 0 Å². The predicted octanol–water partition coefficient (Wildman–Crippen LogP) is 15.5. The third kappa shape index (κ3) is 44.1. The standard InChI is InChI=1S/C77H133NO13/c1-3-5-7-9-11-13-15-17-19-21-23-24-25-26-27-28-29-30-31-32-33-34-35-36-37-38-39-40-41-42-43-45-47-49-51-53-55-57-59-61-69(82)78-65(66(81)60-58-56-54-52-50-48-46-44-22-20-18-16-14-12-10-8-6-4-2)64-88-76-74(87)72(85)75(68(63-80)90-76)91-77-73(86)71(84)70(83)67(62-79)89-77/h5,7,11,13,17,19,22-24,26-27,29-30,44,50,52,58,60,65-68,70-77,79-81,83-87H,3-4,6,8-10,12,14-16,18,20-21,25,28,31-43,45-49,51,53-57,59,61-64H2,1-2H3,(H,78,82)/b7-5-,13-11-,19-17-,24-23-,27-26-,30-29-,44-22+,52-50+,60-58+. The van der Waals surface area contributed by atoms with Gasteiger partial charge in [0.25, 0.3) is 0 Å². The van der Waals surface area contributed by atoms with E-state index in [2.05, 4.69) is 116 Å². The second-order valence-electron chi connectivity index (χ2n) is 25.3. The Morgan fingerprint density at radius 2 is 0.769 bits per heavy atom. The minimum absolute atomic E-state index is 0.253. The summed E-state index contributed by atoms with van der Waals surface area (Å²) in [6.07, 6.45) is 70.2. The molecule has 0 bridgehead atoms. The molecule has 91 heavy (non-hydrogen) atoms. The Morgan fingerprint density at radius 1 is 0.407 bits per heavy atom. The molecule has 0 aliphatic carbocycles. The van der Waals surface area contributed by atoms with Crippen LogP contribution in [0.25, 0.3) is 0 Å². The lowest BCUT2D eigenvalue weighted by molar-refractivity contribution is -0.359. The summed E-state index contributed by atoms with van der Waals surface area (Å²) in [6.45, 7) is 2.67. The average molecular weight is 1280 g/mol. The number of aliphatic hydroxyl groups is 8. The van der Waals surface area contributed by atoms with Crippen molar-refractivity contribution < 1.29 is 64.6 Å². The highest BCUT2D eigenvalue weighted by Crippen LogP contribution is 2.30. The van der Waals surface area contributed by atoms with E-state index in [0.29, 0.717) is 12.8 Å². The van der Waals surface area contributed by atoms with E-state index in [0.717, 1.165) is 83.5 Å². The minimum Gasteiger partial charge on any atom is -0.394 e. The van der Waals surface area contributed by atoms with Crippen molar-refractivity contribution in [2.45, 2.75) is 351 Å². The Balaban J connectivity index is 1.61. The van der Waals surface area contributed by atoms with Gasteiger partial charge in [-0.3, -0.25) is 4.79 Å². The van der Waals surface area contributed by atoms with E-state index in [1.807, 2.05) is 6.08 Å². The van der Waals surface area contributed by atoms with Gasteiger partial charge in [-0.05, 0) is 96.3 Å². The molecular formula is C77H133NO13. The zero-order chi connectivity index (χ0) is 65.9. The van der Waals surface area contributed by atoms with Crippen molar-refractivity contribution in [2.75, 3.05) is 19.8 Å². The van der Waals surface area contributed by atoms with Gasteiger partial charge in [0.1, 0.15) is 48.8 Å². The largest absolute Gasteiger partial charge is 0.394 e. The van der Waals surface area contributed by atoms with Gasteiger partial charge in [-0.25, -0.2) is 0 Å². The Kier molecular flexibility index (Phi) is 55.5. The fraction of sp³-hybridized carbons (Fsp3) is 0.753. The van der Waals surface area contributed by atoms with Crippen LogP contribution < -0.4 is 5.32 Å². The maximum absolute atomic E-state index is 13.3. The maximum Gasteiger partial charge on any atom is 0.220 e. The first-order valence-electron chi connectivity index (χ1n) is 36.6. The number of hydrogen-bond acceptors (Lipinski definition) is 13. The zero-order valence-corrected chi connectivity index (χ0v) is 57.1. The number of carbonyl (C=O) groups is 1. The first-order valence-corrected chi connectivity index (χ1v) is 36.6. The Bertz CT molecular complexity index is 1950. The van der Waals surface area contributed by atoms with Crippen LogP contribution in [0.4, 0.5) is 0 Å². The smallest absolute Gasteiger partial charge is 0.220 e. The molecule has 2 rings (SSSR count). The lowest BCUT2D eigenvalue weighted by atomic mass is 9.97. The molecule has 0 aromatic heterocycles. The zero-order valence-electron chi connectivity index (χ0n) is 57.1. The van der Waals surface area contributed by atoms with Crippen LogP contribution in [0.5, 0.6) is 0 Å². The molecule has 0 spiro atoms. The van der Waals surface area contributed by atoms with E-state index in [-0.39, 0.29) is 18.9 Å². The highest BCUT2D eigenvalue weighted by atomic mass is 16.7. The fourth-order valence-corrected chi connectivity index (χ4v) is 11.4. The van der Waals surface area contributed by atoms with Crippen LogP contribution in [0.15, 0.2) is 109 Å². The molecule has 0 saturated carbocycles. The van der Waals surface area contributed by atoms with Crippen molar-refractivity contribution in [3.63, 3.8) is 0 Å². The van der Waals surface area contributed by atoms with Crippen molar-refractivity contribution in [3.05, 3.63) is 109 Å². The molecule has 0 aromatic carbocycles. The fourth-order valence-electron chi connectivity index (χ4n) is 11.4. The van der Waals surface area contributed by atoms with E-state index in [1.165, 1.54) is 161 Å². The molecule has 0 aromatic rings. The number of carbonyl (C=O) groups excluding carboxylic acids is 1. The lowest BCUT2D eigenvalue weighted by Gasteiger charge is -2.46. The molecule has 12 unspecified atom stereocenters. The summed E-state index contributed by atoms with van der Waals surface area (Å²) in [7, 11) is 0. The molecule has 2 saturated heterocycles. The molecule has 12 atom stereocenters. The molecule has 2 aliphatic rings. The van der Waals surface area contributed by atoms with Crippen molar-refractivity contribution in [2.24, 2.45) is 0 Å². The van der Waals surface area contributed by atoms with E-state index < -0.39 is 86.8 Å². The summed E-state index contributed by atoms with van der Waals surface area (Å²) < 4.78 is 22.8. The SMILES string of the molecule is CC/C=C\C/C=C\C/C=C\C/C=C\C/C=C\C/C=C\CCCCCCCCCCCCCCCCCCCCCCC(=O)NC(COC1OC(CO)C(OC2OC(CO)C(O)C(O)C2O)C(O)C1O)C(O)/C=C/CC/C=C/CC/C=C/CCCCCCCCCC. The predicted molar refractivity (Wildman–Crippen MR) is 373 cm³/mol. The molecule has 2 aliphatic heterocycles. The van der Waals surface area contributed by atoms with Crippen LogP contribution in [0, 0.1) is 0 Å². The van der Waals surface area contributed by atoms with E-state index in [1.54, 1.807) is 6.08 Å². The lowest BCUT2D eigenvalue weighted by Crippen LogP contribution is -2.65. The van der Waals surface area contributed by atoms with Crippen LogP contribution in [0.1, 0.15) is 277 Å². The normalized spacial score (nSPS) is 23.5. The van der Waals surface area contributed by atoms with Gasteiger partial charge in [0.2, 0.25) is 5.91 Å². The number of hydrogen-bond donors (Lipinski definition) is 9. The molecule has 14 heteroatoms. The molecular weight excluding hydrogens is 1150 g/mol. The van der Waals surface area contributed by atoms with E-state index >= 15 is 0 Å². The summed E-state index contributed by atoms with van der Waals surface area (Å²) in [6, 6.07) is -0.942. The third-order valence-electron chi connectivity index (χ3n) is 17.2. The highest BCUT2D eigenvalue weighted by molar-refractivity contribution is 5.76. The third-order valence-corrected chi connectivity index (χ3v) is 17.2. The Hall–Kier alpha value is -3.35. The molecule has 524 valence electrons. The van der Waals surface area contributed by atoms with Gasteiger partial charge in [-0.15, -0.1) is 0 Å². The molecule has 2 fully saturated rings. The van der Waals surface area contributed by atoms with Crippen molar-refractivity contribution in [3.8, 4) is 0 Å². The van der Waals surface area contributed by atoms with Gasteiger partial charge in [-0.2, -0.15) is 0 Å². The van der Waals surface area contributed by atoms with Gasteiger partial charge in [0, 0.05) is 6.42 Å². The van der Waals surface area contributed by atoms with Gasteiger partial charge in [-0.1, -0.05) is 284 Å². The summed E-state index contributed by atoms with van der Waals surface area (Å²) in [5.74, 6) is -0.253. The van der Waals surface area contributed by atoms with E-state index in [9.17, 15) is 45.6 Å². The summed E-state index contributed by atoms with van der Waals surface area (Å²) in [5, 5.41) is 87.4. The van der Waals surface area contributed by atoms with Crippen LogP contribution in [-0.2, 0) is 23.7 Å². The van der Waals surface area contributed by atoms with E-state index in [4.69, 9.17) is 18.9 Å². The number of amides is 1. The molecule has 2 heterocycles.